The lowest BCUT2D eigenvalue weighted by Gasteiger charge is -2.28. The van der Waals surface area contributed by atoms with Gasteiger partial charge in [0, 0.05) is 29.9 Å². The first kappa shape index (κ1) is 17.2. The number of benzene rings is 2. The first-order valence-electron chi connectivity index (χ1n) is 8.75. The van der Waals surface area contributed by atoms with Gasteiger partial charge in [0.05, 0.1) is 13.2 Å². The third-order valence-corrected chi connectivity index (χ3v) is 4.36. The number of para-hydroxylation sites is 1. The number of hydrogen-bond acceptors (Lipinski definition) is 4. The number of carbonyl (C=O) groups is 1. The zero-order valence-corrected chi connectivity index (χ0v) is 14.6. The van der Waals surface area contributed by atoms with Crippen LogP contribution in [0, 0.1) is 5.82 Å². The second kappa shape index (κ2) is 7.59. The maximum absolute atomic E-state index is 14.6. The van der Waals surface area contributed by atoms with Crippen molar-refractivity contribution in [3.05, 3.63) is 60.4 Å². The number of morpholine rings is 1. The van der Waals surface area contributed by atoms with Crippen LogP contribution in [0.2, 0.25) is 0 Å². The summed E-state index contributed by atoms with van der Waals surface area (Å²) in [5.41, 5.74) is 1.32. The molecule has 138 valence electrons. The van der Waals surface area contributed by atoms with Gasteiger partial charge in [-0.05, 0) is 36.4 Å². The summed E-state index contributed by atoms with van der Waals surface area (Å²) >= 11 is 0. The van der Waals surface area contributed by atoms with Crippen molar-refractivity contribution < 1.29 is 13.9 Å². The SMILES string of the molecule is O=C(Nc1ccccc1)Nc1cc(F)c2nc(N3CCOCC3)ccc2c1. The van der Waals surface area contributed by atoms with Crippen molar-refractivity contribution in [1.29, 1.82) is 0 Å². The molecule has 4 rings (SSSR count). The minimum atomic E-state index is -0.474. The molecule has 0 atom stereocenters. The summed E-state index contributed by atoms with van der Waals surface area (Å²) in [6.07, 6.45) is 0. The van der Waals surface area contributed by atoms with Crippen molar-refractivity contribution in [2.75, 3.05) is 41.8 Å². The van der Waals surface area contributed by atoms with Crippen molar-refractivity contribution >= 4 is 34.1 Å². The van der Waals surface area contributed by atoms with Crippen molar-refractivity contribution in [2.45, 2.75) is 0 Å². The highest BCUT2D eigenvalue weighted by molar-refractivity contribution is 6.01. The van der Waals surface area contributed by atoms with Crippen LogP contribution in [0.3, 0.4) is 0 Å². The Labute approximate surface area is 156 Å². The van der Waals surface area contributed by atoms with E-state index >= 15 is 0 Å². The first-order valence-corrected chi connectivity index (χ1v) is 8.75. The Balaban J connectivity index is 1.53. The summed E-state index contributed by atoms with van der Waals surface area (Å²) in [6, 6.07) is 15.3. The second-order valence-corrected chi connectivity index (χ2v) is 6.24. The van der Waals surface area contributed by atoms with Crippen LogP contribution in [-0.4, -0.2) is 37.3 Å². The van der Waals surface area contributed by atoms with E-state index in [1.807, 2.05) is 30.3 Å². The monoisotopic (exact) mass is 366 g/mol. The number of fused-ring (bicyclic) bond motifs is 1. The average Bonchev–Trinajstić information content (AvgIpc) is 2.69. The summed E-state index contributed by atoms with van der Waals surface area (Å²) in [7, 11) is 0. The molecule has 1 saturated heterocycles. The Morgan fingerprint density at radius 3 is 2.52 bits per heavy atom. The number of nitrogens with one attached hydrogen (secondary N) is 2. The number of hydrogen-bond donors (Lipinski definition) is 2. The highest BCUT2D eigenvalue weighted by Crippen LogP contribution is 2.25. The fraction of sp³-hybridized carbons (Fsp3) is 0.200. The van der Waals surface area contributed by atoms with Crippen LogP contribution < -0.4 is 15.5 Å². The molecule has 1 aliphatic heterocycles. The van der Waals surface area contributed by atoms with Gasteiger partial charge in [-0.3, -0.25) is 0 Å². The van der Waals surface area contributed by atoms with E-state index in [0.29, 0.717) is 30.0 Å². The topological polar surface area (TPSA) is 66.5 Å². The molecule has 2 aromatic carbocycles. The van der Waals surface area contributed by atoms with Crippen molar-refractivity contribution in [3.63, 3.8) is 0 Å². The van der Waals surface area contributed by atoms with Crippen molar-refractivity contribution in [3.8, 4) is 0 Å². The minimum absolute atomic E-state index is 0.285. The molecule has 0 aliphatic carbocycles. The number of urea groups is 1. The molecule has 0 unspecified atom stereocenters. The summed E-state index contributed by atoms with van der Waals surface area (Å²) in [5.74, 6) is 0.254. The number of amides is 2. The van der Waals surface area contributed by atoms with Crippen LogP contribution in [0.15, 0.2) is 54.6 Å². The maximum Gasteiger partial charge on any atom is 0.323 e. The number of pyridine rings is 1. The summed E-state index contributed by atoms with van der Waals surface area (Å²) in [5, 5.41) is 5.99. The first-order chi connectivity index (χ1) is 13.2. The summed E-state index contributed by atoms with van der Waals surface area (Å²) in [4.78, 5) is 18.6. The van der Waals surface area contributed by atoms with E-state index in [1.165, 1.54) is 6.07 Å². The maximum atomic E-state index is 14.6. The van der Waals surface area contributed by atoms with E-state index < -0.39 is 11.8 Å². The van der Waals surface area contributed by atoms with Crippen molar-refractivity contribution in [2.24, 2.45) is 0 Å². The number of ether oxygens (including phenoxy) is 1. The van der Waals surface area contributed by atoms with E-state index in [2.05, 4.69) is 20.5 Å². The quantitative estimate of drug-likeness (QED) is 0.739. The number of carbonyl (C=O) groups excluding carboxylic acids is 1. The Kier molecular flexibility index (Phi) is 4.84. The molecular weight excluding hydrogens is 347 g/mol. The van der Waals surface area contributed by atoms with Gasteiger partial charge in [0.2, 0.25) is 0 Å². The molecule has 3 aromatic rings. The molecule has 1 fully saturated rings. The molecular formula is C20H19FN4O2. The van der Waals surface area contributed by atoms with Crippen LogP contribution >= 0.6 is 0 Å². The number of aromatic nitrogens is 1. The predicted molar refractivity (Wildman–Crippen MR) is 104 cm³/mol. The van der Waals surface area contributed by atoms with Gasteiger partial charge >= 0.3 is 6.03 Å². The van der Waals surface area contributed by atoms with Crippen LogP contribution in [0.1, 0.15) is 0 Å². The van der Waals surface area contributed by atoms with Gasteiger partial charge in [-0.2, -0.15) is 0 Å². The lowest BCUT2D eigenvalue weighted by molar-refractivity contribution is 0.122. The van der Waals surface area contributed by atoms with E-state index in [-0.39, 0.29) is 5.52 Å². The zero-order chi connectivity index (χ0) is 18.6. The van der Waals surface area contributed by atoms with Crippen LogP contribution in [0.25, 0.3) is 10.9 Å². The lowest BCUT2D eigenvalue weighted by Crippen LogP contribution is -2.36. The van der Waals surface area contributed by atoms with Gasteiger partial charge in [-0.1, -0.05) is 18.2 Å². The van der Waals surface area contributed by atoms with E-state index in [0.717, 1.165) is 18.9 Å². The Bertz CT molecular complexity index is 959. The zero-order valence-electron chi connectivity index (χ0n) is 14.6. The van der Waals surface area contributed by atoms with Crippen LogP contribution in [-0.2, 0) is 4.74 Å². The van der Waals surface area contributed by atoms with E-state index in [4.69, 9.17) is 4.74 Å². The lowest BCUT2D eigenvalue weighted by atomic mass is 10.2. The van der Waals surface area contributed by atoms with E-state index in [9.17, 15) is 9.18 Å². The third kappa shape index (κ3) is 3.98. The highest BCUT2D eigenvalue weighted by Gasteiger charge is 2.15. The van der Waals surface area contributed by atoms with Crippen LogP contribution in [0.4, 0.5) is 26.4 Å². The standard InChI is InChI=1S/C20H19FN4O2/c21-17-13-16(23-20(26)22-15-4-2-1-3-5-15)12-14-6-7-18(24-19(14)17)25-8-10-27-11-9-25/h1-7,12-13H,8-11H2,(H2,22,23,26). The Morgan fingerprint density at radius 2 is 1.74 bits per heavy atom. The third-order valence-electron chi connectivity index (χ3n) is 4.36. The Hall–Kier alpha value is -3.19. The van der Waals surface area contributed by atoms with E-state index in [1.54, 1.807) is 18.2 Å². The second-order valence-electron chi connectivity index (χ2n) is 6.24. The molecule has 0 radical (unpaired) electrons. The van der Waals surface area contributed by atoms with Crippen molar-refractivity contribution in [1.82, 2.24) is 4.98 Å². The molecule has 2 heterocycles. The molecule has 2 N–H and O–H groups in total. The highest BCUT2D eigenvalue weighted by atomic mass is 19.1. The average molecular weight is 366 g/mol. The van der Waals surface area contributed by atoms with Gasteiger partial charge < -0.3 is 20.3 Å². The smallest absolute Gasteiger partial charge is 0.323 e. The number of anilines is 3. The fourth-order valence-corrected chi connectivity index (χ4v) is 3.04. The van der Waals surface area contributed by atoms with Gasteiger partial charge in [0.25, 0.3) is 0 Å². The molecule has 6 nitrogen and oxygen atoms in total. The summed E-state index contributed by atoms with van der Waals surface area (Å²) in [6.45, 7) is 2.75. The molecule has 7 heteroatoms. The van der Waals surface area contributed by atoms with Gasteiger partial charge in [-0.15, -0.1) is 0 Å². The molecule has 1 aliphatic rings. The van der Waals surface area contributed by atoms with Crippen LogP contribution in [0.5, 0.6) is 0 Å². The normalized spacial score (nSPS) is 14.2. The fourth-order valence-electron chi connectivity index (χ4n) is 3.04. The molecule has 0 bridgehead atoms. The minimum Gasteiger partial charge on any atom is -0.378 e. The van der Waals surface area contributed by atoms with Gasteiger partial charge in [0.1, 0.15) is 11.3 Å². The molecule has 2 amide bonds. The number of nitrogens with zero attached hydrogens (tertiary/aromatic N) is 2. The predicted octanol–water partition coefficient (Wildman–Crippen LogP) is 3.85. The number of halogens is 1. The summed E-state index contributed by atoms with van der Waals surface area (Å²) < 4.78 is 19.9. The molecule has 1 aromatic heterocycles. The van der Waals surface area contributed by atoms with Gasteiger partial charge in [0.15, 0.2) is 5.82 Å². The molecule has 0 saturated carbocycles. The molecule has 0 spiro atoms. The largest absolute Gasteiger partial charge is 0.378 e. The Morgan fingerprint density at radius 1 is 1.00 bits per heavy atom. The number of rotatable bonds is 3. The molecule has 27 heavy (non-hydrogen) atoms. The van der Waals surface area contributed by atoms with Gasteiger partial charge in [-0.25, -0.2) is 14.2 Å².